The Morgan fingerprint density at radius 1 is 0.531 bits per heavy atom. The van der Waals surface area contributed by atoms with Crippen molar-refractivity contribution in [1.82, 2.24) is 9.80 Å². The molecule has 0 spiro atoms. The predicted molar refractivity (Wildman–Crippen MR) is 128 cm³/mol. The minimum absolute atomic E-state index is 0.0156. The van der Waals surface area contributed by atoms with Crippen molar-refractivity contribution in [1.29, 1.82) is 0 Å². The molecule has 4 aromatic rings. The number of hydrogen-bond acceptors (Lipinski definition) is 2. The molecule has 158 valence electrons. The Morgan fingerprint density at radius 3 is 1.81 bits per heavy atom. The lowest BCUT2D eigenvalue weighted by atomic mass is 10.0. The third-order valence-electron chi connectivity index (χ3n) is 6.11. The highest BCUT2D eigenvalue weighted by Crippen LogP contribution is 2.22. The van der Waals surface area contributed by atoms with E-state index in [9.17, 15) is 9.59 Å². The summed E-state index contributed by atoms with van der Waals surface area (Å²) in [5.41, 5.74) is 3.62. The lowest BCUT2D eigenvalue weighted by Crippen LogP contribution is -2.50. The molecule has 1 fully saturated rings. The van der Waals surface area contributed by atoms with Gasteiger partial charge in [0.05, 0.1) is 0 Å². The monoisotopic (exact) mass is 420 g/mol. The van der Waals surface area contributed by atoms with Crippen LogP contribution in [0.4, 0.5) is 0 Å². The highest BCUT2D eigenvalue weighted by molar-refractivity contribution is 6.07. The molecule has 2 amide bonds. The minimum atomic E-state index is 0.0156. The molecule has 0 radical (unpaired) electrons. The van der Waals surface area contributed by atoms with Gasteiger partial charge in [0.25, 0.3) is 11.8 Å². The van der Waals surface area contributed by atoms with Crippen LogP contribution in [0, 0.1) is 0 Å². The van der Waals surface area contributed by atoms with E-state index in [1.807, 2.05) is 94.7 Å². The van der Waals surface area contributed by atoms with E-state index >= 15 is 0 Å². The quantitative estimate of drug-likeness (QED) is 0.462. The van der Waals surface area contributed by atoms with Gasteiger partial charge in [0.2, 0.25) is 0 Å². The van der Waals surface area contributed by atoms with Crippen LogP contribution in [0.15, 0.2) is 97.1 Å². The third-order valence-corrected chi connectivity index (χ3v) is 6.11. The van der Waals surface area contributed by atoms with E-state index in [2.05, 4.69) is 12.1 Å². The molecule has 4 heteroatoms. The number of amides is 2. The second-order valence-electron chi connectivity index (χ2n) is 8.05. The summed E-state index contributed by atoms with van der Waals surface area (Å²) < 4.78 is 0. The van der Waals surface area contributed by atoms with Crippen LogP contribution in [0.3, 0.4) is 0 Å². The van der Waals surface area contributed by atoms with Gasteiger partial charge in [0, 0.05) is 37.3 Å². The molecule has 32 heavy (non-hydrogen) atoms. The van der Waals surface area contributed by atoms with E-state index in [0.29, 0.717) is 31.7 Å². The Bertz CT molecular complexity index is 1250. The van der Waals surface area contributed by atoms with Crippen molar-refractivity contribution in [2.24, 2.45) is 0 Å². The fourth-order valence-electron chi connectivity index (χ4n) is 4.31. The maximum atomic E-state index is 13.2. The Balaban J connectivity index is 1.25. The van der Waals surface area contributed by atoms with Crippen LogP contribution in [0.2, 0.25) is 0 Å². The Morgan fingerprint density at radius 2 is 1.09 bits per heavy atom. The zero-order chi connectivity index (χ0) is 21.9. The van der Waals surface area contributed by atoms with Crippen LogP contribution < -0.4 is 0 Å². The van der Waals surface area contributed by atoms with Crippen molar-refractivity contribution in [3.8, 4) is 11.1 Å². The van der Waals surface area contributed by atoms with Crippen molar-refractivity contribution in [2.75, 3.05) is 26.2 Å². The number of piperazine rings is 1. The first-order chi connectivity index (χ1) is 15.7. The smallest absolute Gasteiger partial charge is 0.254 e. The summed E-state index contributed by atoms with van der Waals surface area (Å²) in [5, 5.41) is 2.03. The van der Waals surface area contributed by atoms with E-state index in [-0.39, 0.29) is 11.8 Å². The minimum Gasteiger partial charge on any atom is -0.335 e. The van der Waals surface area contributed by atoms with Gasteiger partial charge >= 0.3 is 0 Å². The molecule has 1 heterocycles. The molecule has 4 aromatic carbocycles. The second kappa shape index (κ2) is 8.67. The Hall–Kier alpha value is -3.92. The van der Waals surface area contributed by atoms with Gasteiger partial charge in [0.1, 0.15) is 0 Å². The Kier molecular flexibility index (Phi) is 5.42. The molecule has 0 aromatic heterocycles. The number of hydrogen-bond donors (Lipinski definition) is 0. The van der Waals surface area contributed by atoms with Crippen LogP contribution in [0.1, 0.15) is 20.7 Å². The van der Waals surface area contributed by atoms with Crippen LogP contribution in [0.5, 0.6) is 0 Å². The predicted octanol–water partition coefficient (Wildman–Crippen LogP) is 5.11. The van der Waals surface area contributed by atoms with Gasteiger partial charge < -0.3 is 9.80 Å². The lowest BCUT2D eigenvalue weighted by Gasteiger charge is -2.35. The first-order valence-corrected chi connectivity index (χ1v) is 10.9. The van der Waals surface area contributed by atoms with Gasteiger partial charge in [-0.15, -0.1) is 0 Å². The van der Waals surface area contributed by atoms with E-state index in [0.717, 1.165) is 27.5 Å². The molecule has 0 N–H and O–H groups in total. The summed E-state index contributed by atoms with van der Waals surface area (Å²) in [4.78, 5) is 29.8. The molecular formula is C28H24N2O2. The van der Waals surface area contributed by atoms with Gasteiger partial charge in [0.15, 0.2) is 0 Å². The van der Waals surface area contributed by atoms with Crippen molar-refractivity contribution in [3.63, 3.8) is 0 Å². The fourth-order valence-corrected chi connectivity index (χ4v) is 4.31. The molecule has 1 aliphatic heterocycles. The van der Waals surface area contributed by atoms with E-state index in [1.54, 1.807) is 0 Å². The summed E-state index contributed by atoms with van der Waals surface area (Å²) >= 11 is 0. The zero-order valence-corrected chi connectivity index (χ0v) is 17.8. The van der Waals surface area contributed by atoms with Crippen molar-refractivity contribution in [2.45, 2.75) is 0 Å². The third kappa shape index (κ3) is 3.87. The number of carbonyl (C=O) groups is 2. The summed E-state index contributed by atoms with van der Waals surface area (Å²) in [5.74, 6) is 0.0444. The fraction of sp³-hybridized carbons (Fsp3) is 0.143. The van der Waals surface area contributed by atoms with Gasteiger partial charge in [-0.05, 0) is 40.1 Å². The maximum absolute atomic E-state index is 13.2. The Labute approximate surface area is 187 Å². The van der Waals surface area contributed by atoms with Crippen molar-refractivity contribution >= 4 is 22.6 Å². The van der Waals surface area contributed by atoms with Gasteiger partial charge in [-0.25, -0.2) is 0 Å². The van der Waals surface area contributed by atoms with Crippen LogP contribution in [-0.4, -0.2) is 47.8 Å². The molecule has 4 nitrogen and oxygen atoms in total. The summed E-state index contributed by atoms with van der Waals surface area (Å²) in [6, 6.07) is 31.7. The van der Waals surface area contributed by atoms with E-state index in [4.69, 9.17) is 0 Å². The summed E-state index contributed by atoms with van der Waals surface area (Å²) in [7, 11) is 0. The second-order valence-corrected chi connectivity index (χ2v) is 8.05. The van der Waals surface area contributed by atoms with Gasteiger partial charge in [-0.3, -0.25) is 9.59 Å². The first-order valence-electron chi connectivity index (χ1n) is 10.9. The zero-order valence-electron chi connectivity index (χ0n) is 17.8. The normalized spacial score (nSPS) is 13.9. The molecular weight excluding hydrogens is 396 g/mol. The van der Waals surface area contributed by atoms with Crippen LogP contribution >= 0.6 is 0 Å². The number of fused-ring (bicyclic) bond motifs is 1. The summed E-state index contributed by atoms with van der Waals surface area (Å²) in [6.07, 6.45) is 0. The molecule has 0 aliphatic carbocycles. The lowest BCUT2D eigenvalue weighted by molar-refractivity contribution is 0.0536. The average Bonchev–Trinajstić information content (AvgIpc) is 2.88. The van der Waals surface area contributed by atoms with Crippen molar-refractivity contribution < 1.29 is 9.59 Å². The van der Waals surface area contributed by atoms with Crippen LogP contribution in [0.25, 0.3) is 21.9 Å². The molecule has 1 saturated heterocycles. The molecule has 0 unspecified atom stereocenters. The largest absolute Gasteiger partial charge is 0.335 e. The number of rotatable bonds is 3. The first kappa shape index (κ1) is 20.0. The van der Waals surface area contributed by atoms with E-state index in [1.165, 1.54) is 0 Å². The summed E-state index contributed by atoms with van der Waals surface area (Å²) in [6.45, 7) is 2.15. The van der Waals surface area contributed by atoms with Crippen molar-refractivity contribution in [3.05, 3.63) is 108 Å². The maximum Gasteiger partial charge on any atom is 0.254 e. The molecule has 0 bridgehead atoms. The van der Waals surface area contributed by atoms with Gasteiger partial charge in [-0.1, -0.05) is 78.9 Å². The highest BCUT2D eigenvalue weighted by atomic mass is 16.2. The number of benzene rings is 4. The van der Waals surface area contributed by atoms with Gasteiger partial charge in [-0.2, -0.15) is 0 Å². The molecule has 1 aliphatic rings. The number of carbonyl (C=O) groups excluding carboxylic acids is 2. The molecule has 5 rings (SSSR count). The molecule has 0 saturated carbocycles. The SMILES string of the molecule is O=C(c1ccc(-c2ccccc2)cc1)N1CCN(C(=O)c2cccc3ccccc23)CC1. The van der Waals surface area contributed by atoms with E-state index < -0.39 is 0 Å². The van der Waals surface area contributed by atoms with Crippen LogP contribution in [-0.2, 0) is 0 Å². The highest BCUT2D eigenvalue weighted by Gasteiger charge is 2.26. The topological polar surface area (TPSA) is 40.6 Å². The molecule has 0 atom stereocenters. The standard InChI is InChI=1S/C28H24N2O2/c31-27(24-15-13-22(14-16-24)21-7-2-1-3-8-21)29-17-19-30(20-18-29)28(32)26-12-6-10-23-9-4-5-11-25(23)26/h1-16H,17-20H2. The number of nitrogens with zero attached hydrogens (tertiary/aromatic N) is 2. The average molecular weight is 421 g/mol.